The Balaban J connectivity index is 1.13. The Labute approximate surface area is 236 Å². The van der Waals surface area contributed by atoms with Crippen LogP contribution in [-0.2, 0) is 0 Å². The largest absolute Gasteiger partial charge is 0.507 e. The molecule has 3 aliphatic rings. The van der Waals surface area contributed by atoms with Gasteiger partial charge in [-0.1, -0.05) is 66.1 Å². The molecular weight excluding hydrogens is 495 g/mol. The number of nitrogens with one attached hydrogen (secondary N) is 1. The Morgan fingerprint density at radius 1 is 0.950 bits per heavy atom. The van der Waals surface area contributed by atoms with Gasteiger partial charge in [0.05, 0.1) is 18.2 Å². The standard InChI is InChI=1S/C33H31BN4O2/c34-28-21-35-20-27-29(18-30(37-32(27)28)26-12-6-7-13-31(26)39)36-19-22-14-16-38(17-15-22)33(40)25-11-5-4-10-24(25)23-8-2-1-3-9-23/h1-13,18,21-22,27,36,39H,14-17,19-20H2/t27-/m1/s1. The predicted molar refractivity (Wildman–Crippen MR) is 161 cm³/mol. The van der Waals surface area contributed by atoms with Crippen molar-refractivity contribution >= 4 is 25.7 Å². The van der Waals surface area contributed by atoms with E-state index < -0.39 is 0 Å². The number of dihydropyridines is 2. The van der Waals surface area contributed by atoms with Crippen molar-refractivity contribution in [3.05, 3.63) is 113 Å². The number of rotatable bonds is 6. The van der Waals surface area contributed by atoms with Gasteiger partial charge in [0.15, 0.2) is 0 Å². The van der Waals surface area contributed by atoms with Crippen molar-refractivity contribution in [2.24, 2.45) is 21.8 Å². The number of hydrogen-bond donors (Lipinski definition) is 2. The highest BCUT2D eigenvalue weighted by Crippen LogP contribution is 2.33. The minimum absolute atomic E-state index is 0.0317. The van der Waals surface area contributed by atoms with Crippen molar-refractivity contribution in [1.82, 2.24) is 10.2 Å². The van der Waals surface area contributed by atoms with Crippen LogP contribution in [0.5, 0.6) is 5.75 Å². The zero-order valence-electron chi connectivity index (χ0n) is 22.3. The average molecular weight is 526 g/mol. The molecule has 1 saturated heterocycles. The molecule has 1 amide bonds. The Morgan fingerprint density at radius 2 is 1.65 bits per heavy atom. The van der Waals surface area contributed by atoms with Crippen molar-refractivity contribution in [2.45, 2.75) is 12.8 Å². The highest BCUT2D eigenvalue weighted by molar-refractivity contribution is 6.34. The Bertz CT molecular complexity index is 1530. The summed E-state index contributed by atoms with van der Waals surface area (Å²) in [4.78, 5) is 24.8. The molecule has 3 aromatic rings. The van der Waals surface area contributed by atoms with E-state index in [4.69, 9.17) is 12.8 Å². The lowest BCUT2D eigenvalue weighted by atomic mass is 9.83. The second kappa shape index (κ2) is 11.4. The van der Waals surface area contributed by atoms with Gasteiger partial charge in [-0.2, -0.15) is 0 Å². The second-order valence-electron chi connectivity index (χ2n) is 10.5. The molecule has 0 aromatic heterocycles. The van der Waals surface area contributed by atoms with Crippen molar-refractivity contribution < 1.29 is 9.90 Å². The third-order valence-electron chi connectivity index (χ3n) is 7.97. The molecule has 3 aliphatic heterocycles. The van der Waals surface area contributed by atoms with Crippen LogP contribution >= 0.6 is 0 Å². The highest BCUT2D eigenvalue weighted by Gasteiger charge is 2.30. The summed E-state index contributed by atoms with van der Waals surface area (Å²) in [6, 6.07) is 25.2. The molecule has 6 nitrogen and oxygen atoms in total. The van der Waals surface area contributed by atoms with Crippen LogP contribution in [0.15, 0.2) is 112 Å². The molecule has 2 N–H and O–H groups in total. The number of amides is 1. The summed E-state index contributed by atoms with van der Waals surface area (Å²) in [5.41, 5.74) is 6.49. The molecule has 1 fully saturated rings. The fraction of sp³-hybridized carbons (Fsp3) is 0.242. The van der Waals surface area contributed by atoms with E-state index in [-0.39, 0.29) is 17.6 Å². The van der Waals surface area contributed by atoms with Crippen LogP contribution in [-0.4, -0.2) is 61.9 Å². The monoisotopic (exact) mass is 526 g/mol. The Hall–Kier alpha value is -4.39. The van der Waals surface area contributed by atoms with Crippen LogP contribution in [0, 0.1) is 11.8 Å². The van der Waals surface area contributed by atoms with Crippen LogP contribution in [0.3, 0.4) is 0 Å². The molecule has 6 rings (SSSR count). The third-order valence-corrected chi connectivity index (χ3v) is 7.97. The van der Waals surface area contributed by atoms with Gasteiger partial charge in [0.2, 0.25) is 0 Å². The number of hydrogen-bond acceptors (Lipinski definition) is 5. The van der Waals surface area contributed by atoms with Gasteiger partial charge in [0, 0.05) is 48.4 Å². The van der Waals surface area contributed by atoms with Gasteiger partial charge in [0.25, 0.3) is 5.91 Å². The summed E-state index contributed by atoms with van der Waals surface area (Å²) >= 11 is 0. The topological polar surface area (TPSA) is 77.3 Å². The smallest absolute Gasteiger partial charge is 0.254 e. The molecule has 198 valence electrons. The number of nitrogens with zero attached hydrogens (tertiary/aromatic N) is 3. The number of piperidine rings is 1. The summed E-state index contributed by atoms with van der Waals surface area (Å²) in [5, 5.41) is 14.1. The number of phenolic OH excluding ortho intramolecular Hbond substituents is 1. The van der Waals surface area contributed by atoms with E-state index in [1.807, 2.05) is 77.7 Å². The second-order valence-corrected chi connectivity index (χ2v) is 10.5. The van der Waals surface area contributed by atoms with Crippen molar-refractivity contribution in [3.63, 3.8) is 0 Å². The van der Waals surface area contributed by atoms with E-state index in [0.29, 0.717) is 29.2 Å². The van der Waals surface area contributed by atoms with Crippen molar-refractivity contribution in [3.8, 4) is 16.9 Å². The summed E-state index contributed by atoms with van der Waals surface area (Å²) < 4.78 is 0. The number of fused-ring (bicyclic) bond motifs is 1. The summed E-state index contributed by atoms with van der Waals surface area (Å²) in [5.74, 6) is 0.675. The lowest BCUT2D eigenvalue weighted by Crippen LogP contribution is -2.41. The number of aliphatic imine (C=N–C) groups is 2. The number of para-hydroxylation sites is 1. The zero-order valence-corrected chi connectivity index (χ0v) is 22.3. The SMILES string of the molecule is [B]C1=C2N=C(c3ccccc3O)C=C(NCC3CCN(C(=O)c4ccccc4-c4ccccc4)CC3)[C@H]2CN=C1. The van der Waals surface area contributed by atoms with Gasteiger partial charge < -0.3 is 15.3 Å². The minimum Gasteiger partial charge on any atom is -0.507 e. The number of phenols is 1. The number of likely N-dealkylation sites (tertiary alicyclic amines) is 1. The van der Waals surface area contributed by atoms with E-state index in [2.05, 4.69) is 10.3 Å². The zero-order chi connectivity index (χ0) is 27.5. The summed E-state index contributed by atoms with van der Waals surface area (Å²) in [7, 11) is 6.28. The molecule has 2 radical (unpaired) electrons. The first-order chi connectivity index (χ1) is 19.6. The van der Waals surface area contributed by atoms with Crippen LogP contribution in [0.25, 0.3) is 11.1 Å². The van der Waals surface area contributed by atoms with E-state index >= 15 is 0 Å². The maximum atomic E-state index is 13.5. The molecule has 3 aromatic carbocycles. The first-order valence-corrected chi connectivity index (χ1v) is 13.8. The number of carbonyl (C=O) groups excluding carboxylic acids is 1. The van der Waals surface area contributed by atoms with E-state index in [1.54, 1.807) is 18.3 Å². The summed E-state index contributed by atoms with van der Waals surface area (Å²) in [6.07, 6.45) is 5.53. The molecule has 0 saturated carbocycles. The molecule has 0 unspecified atom stereocenters. The van der Waals surface area contributed by atoms with Gasteiger partial charge in [-0.05, 0) is 54.2 Å². The normalized spacial score (nSPS) is 19.1. The quantitative estimate of drug-likeness (QED) is 0.446. The van der Waals surface area contributed by atoms with Crippen LogP contribution in [0.1, 0.15) is 28.8 Å². The first-order valence-electron chi connectivity index (χ1n) is 13.8. The van der Waals surface area contributed by atoms with Crippen LogP contribution in [0.2, 0.25) is 0 Å². The molecule has 3 heterocycles. The van der Waals surface area contributed by atoms with Gasteiger partial charge in [0.1, 0.15) is 13.6 Å². The van der Waals surface area contributed by atoms with Gasteiger partial charge in [-0.3, -0.25) is 14.8 Å². The third kappa shape index (κ3) is 5.24. The van der Waals surface area contributed by atoms with E-state index in [1.165, 1.54) is 0 Å². The molecule has 7 heteroatoms. The van der Waals surface area contributed by atoms with Gasteiger partial charge in [-0.15, -0.1) is 0 Å². The average Bonchev–Trinajstić information content (AvgIpc) is 3.01. The molecule has 0 bridgehead atoms. The van der Waals surface area contributed by atoms with Crippen molar-refractivity contribution in [2.75, 3.05) is 26.2 Å². The van der Waals surface area contributed by atoms with Crippen LogP contribution < -0.4 is 5.32 Å². The molecular formula is C33H31BN4O2. The highest BCUT2D eigenvalue weighted by atomic mass is 16.3. The molecule has 1 atom stereocenters. The molecule has 40 heavy (non-hydrogen) atoms. The Kier molecular flexibility index (Phi) is 7.36. The van der Waals surface area contributed by atoms with E-state index in [9.17, 15) is 9.90 Å². The lowest BCUT2D eigenvalue weighted by molar-refractivity contribution is 0.0691. The fourth-order valence-corrected chi connectivity index (χ4v) is 5.72. The molecule has 0 aliphatic carbocycles. The number of carbonyl (C=O) groups is 1. The lowest BCUT2D eigenvalue weighted by Gasteiger charge is -2.34. The van der Waals surface area contributed by atoms with Crippen LogP contribution in [0.4, 0.5) is 0 Å². The predicted octanol–water partition coefficient (Wildman–Crippen LogP) is 4.97. The first kappa shape index (κ1) is 25.9. The number of allylic oxidation sites excluding steroid dienone is 2. The van der Waals surface area contributed by atoms with Gasteiger partial charge in [-0.25, -0.2) is 0 Å². The minimum atomic E-state index is -0.0317. The maximum absolute atomic E-state index is 13.5. The fourth-order valence-electron chi connectivity index (χ4n) is 5.72. The van der Waals surface area contributed by atoms with Crippen molar-refractivity contribution in [1.29, 1.82) is 0 Å². The maximum Gasteiger partial charge on any atom is 0.254 e. The van der Waals surface area contributed by atoms with E-state index in [0.717, 1.165) is 60.6 Å². The number of aromatic hydroxyl groups is 1. The Morgan fingerprint density at radius 3 is 2.42 bits per heavy atom. The van der Waals surface area contributed by atoms with Gasteiger partial charge >= 0.3 is 0 Å². The molecule has 0 spiro atoms. The summed E-state index contributed by atoms with van der Waals surface area (Å²) in [6.45, 7) is 2.82. The number of benzene rings is 3.